The van der Waals surface area contributed by atoms with Crippen molar-refractivity contribution >= 4 is 17.3 Å². The zero-order valence-corrected chi connectivity index (χ0v) is 14.7. The lowest BCUT2D eigenvalue weighted by Gasteiger charge is -2.18. The van der Waals surface area contributed by atoms with E-state index in [0.29, 0.717) is 28.9 Å². The van der Waals surface area contributed by atoms with Gasteiger partial charge in [0.15, 0.2) is 11.5 Å². The van der Waals surface area contributed by atoms with E-state index in [1.807, 2.05) is 12.1 Å². The number of benzene rings is 1. The van der Waals surface area contributed by atoms with Crippen molar-refractivity contribution in [3.8, 4) is 11.5 Å². The zero-order chi connectivity index (χ0) is 17.8. The van der Waals surface area contributed by atoms with E-state index >= 15 is 0 Å². The van der Waals surface area contributed by atoms with Gasteiger partial charge >= 0.3 is 0 Å². The molecule has 1 aromatic carbocycles. The maximum absolute atomic E-state index is 12.5. The molecule has 2 N–H and O–H groups in total. The van der Waals surface area contributed by atoms with Crippen molar-refractivity contribution in [3.05, 3.63) is 42.2 Å². The number of nitrogens with one attached hydrogen (secondary N) is 2. The monoisotopic (exact) mass is 353 g/mol. The van der Waals surface area contributed by atoms with Crippen LogP contribution >= 0.6 is 0 Å². The summed E-state index contributed by atoms with van der Waals surface area (Å²) in [4.78, 5) is 16.8. The number of rotatable bonds is 4. The molecule has 0 saturated heterocycles. The van der Waals surface area contributed by atoms with Crippen molar-refractivity contribution in [3.63, 3.8) is 0 Å². The number of hydrogen-bond acceptors (Lipinski definition) is 5. The Morgan fingerprint density at radius 1 is 0.962 bits per heavy atom. The summed E-state index contributed by atoms with van der Waals surface area (Å²) in [6, 6.07) is 9.54. The van der Waals surface area contributed by atoms with Gasteiger partial charge in [-0.15, -0.1) is 0 Å². The first-order valence-electron chi connectivity index (χ1n) is 9.21. The molecule has 26 heavy (non-hydrogen) atoms. The van der Waals surface area contributed by atoms with Crippen molar-refractivity contribution in [1.82, 2.24) is 4.98 Å². The molecule has 2 heterocycles. The van der Waals surface area contributed by atoms with Gasteiger partial charge < -0.3 is 20.1 Å². The number of nitrogens with zero attached hydrogens (tertiary/aromatic N) is 1. The Hall–Kier alpha value is -2.76. The molecule has 6 heteroatoms. The Labute approximate surface area is 152 Å². The second-order valence-corrected chi connectivity index (χ2v) is 6.78. The van der Waals surface area contributed by atoms with Gasteiger partial charge in [0.2, 0.25) is 6.79 Å². The van der Waals surface area contributed by atoms with Crippen LogP contribution in [0.2, 0.25) is 0 Å². The van der Waals surface area contributed by atoms with Crippen LogP contribution < -0.4 is 20.1 Å². The van der Waals surface area contributed by atoms with E-state index in [9.17, 15) is 4.79 Å². The average Bonchev–Trinajstić information content (AvgIpc) is 2.97. The molecular weight excluding hydrogens is 330 g/mol. The van der Waals surface area contributed by atoms with Crippen LogP contribution in [-0.4, -0.2) is 23.7 Å². The highest BCUT2D eigenvalue weighted by Gasteiger charge is 2.16. The Morgan fingerprint density at radius 3 is 2.62 bits per heavy atom. The normalized spacial score (nSPS) is 16.8. The number of ether oxygens (including phenoxy) is 2. The molecular formula is C20H23N3O3. The van der Waals surface area contributed by atoms with E-state index < -0.39 is 0 Å². The molecule has 0 unspecified atom stereocenters. The first-order valence-corrected chi connectivity index (χ1v) is 9.21. The molecule has 6 nitrogen and oxygen atoms in total. The van der Waals surface area contributed by atoms with Gasteiger partial charge in [0.25, 0.3) is 5.91 Å². The maximum atomic E-state index is 12.5. The van der Waals surface area contributed by atoms with Crippen LogP contribution in [-0.2, 0) is 0 Å². The first kappa shape index (κ1) is 16.7. The molecule has 1 aliphatic carbocycles. The van der Waals surface area contributed by atoms with Gasteiger partial charge in [0.1, 0.15) is 5.69 Å². The molecule has 2 aromatic rings. The van der Waals surface area contributed by atoms with Crippen molar-refractivity contribution in [2.45, 2.75) is 44.6 Å². The van der Waals surface area contributed by atoms with Crippen LogP contribution in [0.25, 0.3) is 0 Å². The summed E-state index contributed by atoms with van der Waals surface area (Å²) in [5.74, 6) is 1.09. The average molecular weight is 353 g/mol. The van der Waals surface area contributed by atoms with Crippen LogP contribution in [0.1, 0.15) is 49.0 Å². The highest BCUT2D eigenvalue weighted by Crippen LogP contribution is 2.34. The van der Waals surface area contributed by atoms with Crippen molar-refractivity contribution in [1.29, 1.82) is 0 Å². The lowest BCUT2D eigenvalue weighted by molar-refractivity contribution is 0.102. The third-order valence-electron chi connectivity index (χ3n) is 4.85. The minimum atomic E-state index is -0.242. The largest absolute Gasteiger partial charge is 0.454 e. The fourth-order valence-corrected chi connectivity index (χ4v) is 3.47. The number of carbonyl (C=O) groups excluding carboxylic acids is 1. The molecule has 1 saturated carbocycles. The Bertz CT molecular complexity index is 786. The molecule has 0 bridgehead atoms. The second-order valence-electron chi connectivity index (χ2n) is 6.78. The number of amides is 1. The molecule has 136 valence electrons. The molecule has 0 atom stereocenters. The standard InChI is InChI=1S/C20H23N3O3/c24-20(23-15-7-8-18-19(12-15)26-13-25-18)17-11-16(9-10-21-17)22-14-5-3-1-2-4-6-14/h7-12,14H,1-6,13H2,(H,21,22)(H,23,24). The van der Waals surface area contributed by atoms with E-state index in [4.69, 9.17) is 9.47 Å². The maximum Gasteiger partial charge on any atom is 0.274 e. The topological polar surface area (TPSA) is 72.5 Å². The summed E-state index contributed by atoms with van der Waals surface area (Å²) in [5, 5.41) is 6.42. The molecule has 2 aliphatic rings. The molecule has 1 fully saturated rings. The van der Waals surface area contributed by atoms with Gasteiger partial charge in [0.05, 0.1) is 0 Å². The fourth-order valence-electron chi connectivity index (χ4n) is 3.47. The van der Waals surface area contributed by atoms with E-state index in [1.54, 1.807) is 24.4 Å². The summed E-state index contributed by atoms with van der Waals surface area (Å²) in [6.45, 7) is 0.211. The van der Waals surface area contributed by atoms with E-state index in [2.05, 4.69) is 15.6 Å². The third-order valence-corrected chi connectivity index (χ3v) is 4.85. The summed E-state index contributed by atoms with van der Waals surface area (Å²) in [7, 11) is 0. The van der Waals surface area contributed by atoms with E-state index in [-0.39, 0.29) is 12.7 Å². The van der Waals surface area contributed by atoms with Crippen molar-refractivity contribution in [2.24, 2.45) is 0 Å². The number of aromatic nitrogens is 1. The van der Waals surface area contributed by atoms with E-state index in [0.717, 1.165) is 5.69 Å². The molecule has 1 aliphatic heterocycles. The Kier molecular flexibility index (Phi) is 4.91. The number of carbonyl (C=O) groups is 1. The van der Waals surface area contributed by atoms with Crippen molar-refractivity contribution in [2.75, 3.05) is 17.4 Å². The number of hydrogen-bond donors (Lipinski definition) is 2. The molecule has 1 amide bonds. The van der Waals surface area contributed by atoms with Crippen LogP contribution in [0, 0.1) is 0 Å². The Morgan fingerprint density at radius 2 is 1.77 bits per heavy atom. The number of anilines is 2. The van der Waals surface area contributed by atoms with Crippen LogP contribution in [0.3, 0.4) is 0 Å². The highest BCUT2D eigenvalue weighted by molar-refractivity contribution is 6.03. The predicted molar refractivity (Wildman–Crippen MR) is 99.9 cm³/mol. The minimum Gasteiger partial charge on any atom is -0.454 e. The Balaban J connectivity index is 1.43. The SMILES string of the molecule is O=C(Nc1ccc2c(c1)OCO2)c1cc(NC2CCCCCC2)ccn1. The highest BCUT2D eigenvalue weighted by atomic mass is 16.7. The molecule has 0 radical (unpaired) electrons. The quantitative estimate of drug-likeness (QED) is 0.806. The zero-order valence-electron chi connectivity index (χ0n) is 14.7. The van der Waals surface area contributed by atoms with Gasteiger partial charge in [-0.25, -0.2) is 0 Å². The van der Waals surface area contributed by atoms with Gasteiger partial charge in [-0.05, 0) is 37.1 Å². The molecule has 4 rings (SSSR count). The van der Waals surface area contributed by atoms with Crippen LogP contribution in [0.15, 0.2) is 36.5 Å². The number of pyridine rings is 1. The van der Waals surface area contributed by atoms with Gasteiger partial charge in [-0.1, -0.05) is 25.7 Å². The van der Waals surface area contributed by atoms with Gasteiger partial charge in [-0.3, -0.25) is 9.78 Å². The lowest BCUT2D eigenvalue weighted by Crippen LogP contribution is -2.19. The number of fused-ring (bicyclic) bond motifs is 1. The first-order chi connectivity index (χ1) is 12.8. The van der Waals surface area contributed by atoms with Crippen LogP contribution in [0.5, 0.6) is 11.5 Å². The summed E-state index contributed by atoms with van der Waals surface area (Å²) >= 11 is 0. The molecule has 1 aromatic heterocycles. The van der Waals surface area contributed by atoms with E-state index in [1.165, 1.54) is 38.5 Å². The second kappa shape index (κ2) is 7.64. The summed E-state index contributed by atoms with van der Waals surface area (Å²) < 4.78 is 10.6. The third kappa shape index (κ3) is 3.90. The smallest absolute Gasteiger partial charge is 0.274 e. The van der Waals surface area contributed by atoms with Gasteiger partial charge in [-0.2, -0.15) is 0 Å². The van der Waals surface area contributed by atoms with Gasteiger partial charge in [0, 0.05) is 29.7 Å². The van der Waals surface area contributed by atoms with Crippen molar-refractivity contribution < 1.29 is 14.3 Å². The predicted octanol–water partition coefficient (Wildman–Crippen LogP) is 4.20. The fraction of sp³-hybridized carbons (Fsp3) is 0.400. The summed E-state index contributed by atoms with van der Waals surface area (Å²) in [6.07, 6.45) is 9.20. The lowest BCUT2D eigenvalue weighted by atomic mass is 10.1. The molecule has 0 spiro atoms. The summed E-state index contributed by atoms with van der Waals surface area (Å²) in [5.41, 5.74) is 1.99. The minimum absolute atomic E-state index is 0.211. The van der Waals surface area contributed by atoms with Crippen LogP contribution in [0.4, 0.5) is 11.4 Å².